The molecule has 2 aromatic carbocycles. The van der Waals surface area contributed by atoms with Crippen LogP contribution in [-0.2, 0) is 18.1 Å². The van der Waals surface area contributed by atoms with Crippen molar-refractivity contribution in [2.24, 2.45) is 0 Å². The van der Waals surface area contributed by atoms with Crippen molar-refractivity contribution in [1.29, 1.82) is 0 Å². The van der Waals surface area contributed by atoms with Crippen LogP contribution >= 0.6 is 11.6 Å². The first-order valence-electron chi connectivity index (χ1n) is 9.32. The quantitative estimate of drug-likeness (QED) is 0.503. The van der Waals surface area contributed by atoms with E-state index in [2.05, 4.69) is 52.5 Å². The standard InChI is InChI=1S/C23H29ClF3N/c1-21(2,3)18-11-15(14-28(7)22(4,5)6)10-17(12-18)16-8-9-20(24)19(13-16)23(25,26)27/h8-13H,14H2,1-7H3. The van der Waals surface area contributed by atoms with Gasteiger partial charge in [0, 0.05) is 12.1 Å². The van der Waals surface area contributed by atoms with E-state index < -0.39 is 11.7 Å². The molecule has 0 N–H and O–H groups in total. The molecule has 0 aliphatic rings. The van der Waals surface area contributed by atoms with E-state index in [0.29, 0.717) is 12.1 Å². The molecule has 0 amide bonds. The summed E-state index contributed by atoms with van der Waals surface area (Å²) in [5.74, 6) is 0. The van der Waals surface area contributed by atoms with Gasteiger partial charge in [-0.15, -0.1) is 0 Å². The van der Waals surface area contributed by atoms with Crippen LogP contribution in [0.15, 0.2) is 36.4 Å². The van der Waals surface area contributed by atoms with Crippen molar-refractivity contribution < 1.29 is 13.2 Å². The van der Waals surface area contributed by atoms with E-state index in [-0.39, 0.29) is 16.0 Å². The van der Waals surface area contributed by atoms with Gasteiger partial charge in [0.25, 0.3) is 0 Å². The maximum absolute atomic E-state index is 13.3. The zero-order valence-electron chi connectivity index (χ0n) is 17.6. The van der Waals surface area contributed by atoms with Gasteiger partial charge < -0.3 is 0 Å². The average Bonchev–Trinajstić information content (AvgIpc) is 2.52. The summed E-state index contributed by atoms with van der Waals surface area (Å²) in [6.07, 6.45) is -4.48. The smallest absolute Gasteiger partial charge is 0.297 e. The molecule has 0 saturated heterocycles. The van der Waals surface area contributed by atoms with E-state index in [4.69, 9.17) is 11.6 Å². The molecule has 0 heterocycles. The molecule has 0 unspecified atom stereocenters. The fourth-order valence-corrected chi connectivity index (χ4v) is 3.04. The summed E-state index contributed by atoms with van der Waals surface area (Å²) in [5, 5.41) is -0.282. The van der Waals surface area contributed by atoms with Gasteiger partial charge in [-0.2, -0.15) is 13.2 Å². The predicted octanol–water partition coefficient (Wildman–Crippen LogP) is 7.55. The SMILES string of the molecule is CN(Cc1cc(-c2ccc(Cl)c(C(F)(F)F)c2)cc(C(C)(C)C)c1)C(C)(C)C. The molecular weight excluding hydrogens is 383 g/mol. The topological polar surface area (TPSA) is 3.24 Å². The number of alkyl halides is 3. The zero-order chi connectivity index (χ0) is 21.5. The Hall–Kier alpha value is -1.52. The van der Waals surface area contributed by atoms with Crippen LogP contribution in [0.2, 0.25) is 5.02 Å². The molecule has 1 nitrogen and oxygen atoms in total. The third-order valence-corrected chi connectivity index (χ3v) is 5.36. The van der Waals surface area contributed by atoms with Crippen molar-refractivity contribution >= 4 is 11.6 Å². The molecule has 5 heteroatoms. The average molecular weight is 412 g/mol. The van der Waals surface area contributed by atoms with Gasteiger partial charge in [0.05, 0.1) is 10.6 Å². The van der Waals surface area contributed by atoms with Crippen molar-refractivity contribution in [1.82, 2.24) is 4.90 Å². The van der Waals surface area contributed by atoms with E-state index in [9.17, 15) is 13.2 Å². The van der Waals surface area contributed by atoms with E-state index >= 15 is 0 Å². The minimum atomic E-state index is -4.48. The highest BCUT2D eigenvalue weighted by Gasteiger charge is 2.33. The molecule has 0 saturated carbocycles. The van der Waals surface area contributed by atoms with Crippen LogP contribution in [0.25, 0.3) is 11.1 Å². The Bertz CT molecular complexity index is 842. The summed E-state index contributed by atoms with van der Waals surface area (Å²) in [4.78, 5) is 2.22. The second kappa shape index (κ2) is 7.72. The number of benzene rings is 2. The van der Waals surface area contributed by atoms with E-state index in [1.807, 2.05) is 19.2 Å². The Morgan fingerprint density at radius 1 is 0.857 bits per heavy atom. The molecule has 0 radical (unpaired) electrons. The van der Waals surface area contributed by atoms with Gasteiger partial charge in [-0.05, 0) is 73.7 Å². The van der Waals surface area contributed by atoms with Crippen LogP contribution in [0.1, 0.15) is 58.2 Å². The molecule has 154 valence electrons. The second-order valence-corrected chi connectivity index (χ2v) is 9.80. The highest BCUT2D eigenvalue weighted by Crippen LogP contribution is 2.38. The molecule has 2 aromatic rings. The lowest BCUT2D eigenvalue weighted by Gasteiger charge is -2.32. The Morgan fingerprint density at radius 2 is 1.46 bits per heavy atom. The second-order valence-electron chi connectivity index (χ2n) is 9.39. The number of rotatable bonds is 3. The summed E-state index contributed by atoms with van der Waals surface area (Å²) in [6.45, 7) is 13.4. The van der Waals surface area contributed by atoms with Gasteiger partial charge in [-0.25, -0.2) is 0 Å². The first-order chi connectivity index (χ1) is 12.6. The van der Waals surface area contributed by atoms with Crippen LogP contribution < -0.4 is 0 Å². The Morgan fingerprint density at radius 3 is 1.96 bits per heavy atom. The predicted molar refractivity (Wildman–Crippen MR) is 112 cm³/mol. The lowest BCUT2D eigenvalue weighted by molar-refractivity contribution is -0.137. The Balaban J connectivity index is 2.60. The lowest BCUT2D eigenvalue weighted by Crippen LogP contribution is -2.37. The van der Waals surface area contributed by atoms with Crippen LogP contribution in [0, 0.1) is 0 Å². The molecule has 0 aromatic heterocycles. The lowest BCUT2D eigenvalue weighted by atomic mass is 9.84. The molecule has 0 fully saturated rings. The van der Waals surface area contributed by atoms with Crippen molar-refractivity contribution in [2.45, 2.75) is 65.2 Å². The number of hydrogen-bond acceptors (Lipinski definition) is 1. The summed E-state index contributed by atoms with van der Waals surface area (Å²) < 4.78 is 39.9. The van der Waals surface area contributed by atoms with Gasteiger partial charge >= 0.3 is 6.18 Å². The van der Waals surface area contributed by atoms with Crippen molar-refractivity contribution in [3.8, 4) is 11.1 Å². The highest BCUT2D eigenvalue weighted by atomic mass is 35.5. The van der Waals surface area contributed by atoms with Crippen molar-refractivity contribution in [3.05, 3.63) is 58.1 Å². The minimum Gasteiger partial charge on any atom is -0.297 e. The summed E-state index contributed by atoms with van der Waals surface area (Å²) >= 11 is 5.80. The van der Waals surface area contributed by atoms with Gasteiger partial charge in [0.2, 0.25) is 0 Å². The maximum Gasteiger partial charge on any atom is 0.417 e. The summed E-state index contributed by atoms with van der Waals surface area (Å²) in [6, 6.07) is 10.2. The zero-order valence-corrected chi connectivity index (χ0v) is 18.4. The van der Waals surface area contributed by atoms with Crippen molar-refractivity contribution in [3.63, 3.8) is 0 Å². The third kappa shape index (κ3) is 5.51. The number of halogens is 4. The van der Waals surface area contributed by atoms with Crippen LogP contribution in [-0.4, -0.2) is 17.5 Å². The fourth-order valence-electron chi connectivity index (χ4n) is 2.82. The monoisotopic (exact) mass is 411 g/mol. The molecule has 0 atom stereocenters. The molecule has 0 spiro atoms. The first-order valence-corrected chi connectivity index (χ1v) is 9.69. The molecule has 2 rings (SSSR count). The summed E-state index contributed by atoms with van der Waals surface area (Å²) in [7, 11) is 2.05. The largest absolute Gasteiger partial charge is 0.417 e. The van der Waals surface area contributed by atoms with Gasteiger partial charge in [0.1, 0.15) is 0 Å². The van der Waals surface area contributed by atoms with E-state index in [1.165, 1.54) is 6.07 Å². The van der Waals surface area contributed by atoms with Crippen LogP contribution in [0.3, 0.4) is 0 Å². The minimum absolute atomic E-state index is 0.0123. The van der Waals surface area contributed by atoms with Crippen LogP contribution in [0.5, 0.6) is 0 Å². The van der Waals surface area contributed by atoms with Crippen molar-refractivity contribution in [2.75, 3.05) is 7.05 Å². The van der Waals surface area contributed by atoms with Gasteiger partial charge in [-0.3, -0.25) is 4.90 Å². The molecule has 0 aliphatic heterocycles. The van der Waals surface area contributed by atoms with E-state index in [0.717, 1.165) is 22.8 Å². The number of hydrogen-bond donors (Lipinski definition) is 0. The molecular formula is C23H29ClF3N. The third-order valence-electron chi connectivity index (χ3n) is 5.03. The molecule has 0 bridgehead atoms. The summed E-state index contributed by atoms with van der Waals surface area (Å²) in [5.41, 5.74) is 2.51. The van der Waals surface area contributed by atoms with E-state index in [1.54, 1.807) is 6.07 Å². The maximum atomic E-state index is 13.3. The first kappa shape index (κ1) is 22.8. The van der Waals surface area contributed by atoms with Crippen LogP contribution in [0.4, 0.5) is 13.2 Å². The Labute approximate surface area is 171 Å². The molecule has 0 aliphatic carbocycles. The molecule has 28 heavy (non-hydrogen) atoms. The van der Waals surface area contributed by atoms with Gasteiger partial charge in [0.15, 0.2) is 0 Å². The fraction of sp³-hybridized carbons (Fsp3) is 0.478. The number of nitrogens with zero attached hydrogens (tertiary/aromatic N) is 1. The highest BCUT2D eigenvalue weighted by molar-refractivity contribution is 6.31. The normalized spacial score (nSPS) is 13.3. The van der Waals surface area contributed by atoms with Gasteiger partial charge in [-0.1, -0.05) is 50.6 Å². The Kier molecular flexibility index (Phi) is 6.28.